The normalized spacial score (nSPS) is 11.2. The van der Waals surface area contributed by atoms with Gasteiger partial charge in [0, 0.05) is 210 Å². The molecule has 42 heteroatoms. The summed E-state index contributed by atoms with van der Waals surface area (Å²) in [4.78, 5) is 67.1. The number of aryl methyl sites for hydroxylation is 9. The van der Waals surface area contributed by atoms with Gasteiger partial charge in [0.15, 0.2) is 0 Å². The number of nitrogens with zero attached hydrogens (tertiary/aromatic N) is 30. The molecule has 30 rings (SSSR count). The molecule has 0 N–H and O–H groups in total. The first-order valence-electron chi connectivity index (χ1n) is 44.2. The van der Waals surface area contributed by atoms with Crippen molar-refractivity contribution in [2.24, 2.45) is 63.4 Å². The molecule has 0 bridgehead atoms. The van der Waals surface area contributed by atoms with E-state index in [2.05, 4.69) is 102 Å². The van der Waals surface area contributed by atoms with Crippen LogP contribution in [-0.2, 0) is 190 Å². The molecule has 0 saturated heterocycles. The summed E-state index contributed by atoms with van der Waals surface area (Å²) in [5.74, 6) is 0. The molecule has 0 atom stereocenters. The smallest absolute Gasteiger partial charge is 0.660 e. The van der Waals surface area contributed by atoms with Crippen molar-refractivity contribution < 1.29 is 167 Å². The average Bonchev–Trinajstić information content (AvgIpc) is 1.62. The second kappa shape index (κ2) is 41.2. The molecule has 744 valence electrons. The quantitative estimate of drug-likeness (QED) is 0.0810. The Hall–Kier alpha value is -15.6. The standard InChI is InChI=1S/3C18H13N5O.3C17H11N5O.6Pt/c3*1-21-6-7-23(11-21)15-9-24-18-13-5-3-4-12(16(13)20-17(15)18)14-8-22(2)10-19-14;3*1-21-7-13(19-10-21)11-3-2-4-12-15(11)20-16-14(8-23-17(12)16)22-6-5-18-9-22;;;;;;/h3*3-9H,1-2H3;3*2-8,10H,1H3;;;;;;/q6*-2;;;;3*+2. The van der Waals surface area contributed by atoms with Crippen LogP contribution in [0.3, 0.4) is 0 Å². The van der Waals surface area contributed by atoms with E-state index in [1.807, 2.05) is 307 Å². The number of fused-ring (bicyclic) bond motifs is 18. The molecule has 0 aliphatic rings. The van der Waals surface area contributed by atoms with Crippen molar-refractivity contribution in [3.8, 4) is 102 Å². The summed E-state index contributed by atoms with van der Waals surface area (Å²) in [7, 11) is 17.4. The first-order valence-corrected chi connectivity index (χ1v) is 44.2. The fraction of sp³-hybridized carbons (Fsp3) is 0.0857. The summed E-state index contributed by atoms with van der Waals surface area (Å²) in [5, 5.41) is 5.89. The van der Waals surface area contributed by atoms with E-state index >= 15 is 0 Å². The maximum absolute atomic E-state index is 5.82. The van der Waals surface area contributed by atoms with Crippen molar-refractivity contribution in [1.29, 1.82) is 0 Å². The molecule has 0 fully saturated rings. The average molecular weight is 3020 g/mol. The molecule has 0 radical (unpaired) electrons. The van der Waals surface area contributed by atoms with Crippen molar-refractivity contribution in [2.45, 2.75) is 0 Å². The minimum Gasteiger partial charge on any atom is -0.660 e. The van der Waals surface area contributed by atoms with Crippen LogP contribution in [0, 0.1) is 56.9 Å². The second-order valence-corrected chi connectivity index (χ2v) is 33.8. The zero-order valence-corrected chi connectivity index (χ0v) is 91.9. The van der Waals surface area contributed by atoms with Gasteiger partial charge in [-0.3, -0.25) is 0 Å². The van der Waals surface area contributed by atoms with Crippen LogP contribution in [0.25, 0.3) is 234 Å². The molecule has 0 amide bonds. The summed E-state index contributed by atoms with van der Waals surface area (Å²) >= 11 is 0. The van der Waals surface area contributed by atoms with Crippen molar-refractivity contribution in [3.63, 3.8) is 0 Å². The van der Waals surface area contributed by atoms with Crippen LogP contribution in [0.15, 0.2) is 304 Å². The summed E-state index contributed by atoms with van der Waals surface area (Å²) in [5.41, 5.74) is 31.2. The minimum atomic E-state index is 0. The number of rotatable bonds is 12. The number of para-hydroxylation sites is 6. The Kier molecular flexibility index (Phi) is 28.0. The van der Waals surface area contributed by atoms with Gasteiger partial charge in [-0.1, -0.05) is 197 Å². The maximum atomic E-state index is 5.82. The van der Waals surface area contributed by atoms with Crippen LogP contribution in [0.5, 0.6) is 0 Å². The number of aromatic nitrogens is 30. The van der Waals surface area contributed by atoms with Crippen molar-refractivity contribution in [1.82, 2.24) is 130 Å². The Bertz CT molecular complexity index is 8980. The molecule has 36 nitrogen and oxygen atoms in total. The first kappa shape index (κ1) is 100. The Morgan fingerprint density at radius 1 is 0.259 bits per heavy atom. The van der Waals surface area contributed by atoms with Crippen LogP contribution in [0.2, 0.25) is 0 Å². The van der Waals surface area contributed by atoms with Gasteiger partial charge in [-0.2, -0.15) is 0 Å². The van der Waals surface area contributed by atoms with Gasteiger partial charge in [-0.05, 0) is 54.9 Å². The van der Waals surface area contributed by atoms with Gasteiger partial charge in [0.2, 0.25) is 19.0 Å². The fourth-order valence-electron chi connectivity index (χ4n) is 17.7. The van der Waals surface area contributed by atoms with Gasteiger partial charge in [0.25, 0.3) is 0 Å². The monoisotopic (exact) mass is 3020 g/mol. The largest absolute Gasteiger partial charge is 2.00 e. The number of hydrogen-bond acceptors (Lipinski definition) is 15. The van der Waals surface area contributed by atoms with Crippen LogP contribution in [0.1, 0.15) is 0 Å². The Morgan fingerprint density at radius 3 is 0.653 bits per heavy atom. The third-order valence-corrected chi connectivity index (χ3v) is 24.2. The van der Waals surface area contributed by atoms with Gasteiger partial charge >= 0.3 is 63.2 Å². The Balaban J connectivity index is 0.000000110. The Morgan fingerprint density at radius 2 is 0.476 bits per heavy atom. The molecule has 0 spiro atoms. The Labute approximate surface area is 919 Å². The number of benzene rings is 6. The predicted octanol–water partition coefficient (Wildman–Crippen LogP) is 15.3. The van der Waals surface area contributed by atoms with E-state index < -0.39 is 0 Å². The molecule has 0 unspecified atom stereocenters. The van der Waals surface area contributed by atoms with Gasteiger partial charge in [0.1, 0.15) is 33.5 Å². The van der Waals surface area contributed by atoms with Crippen LogP contribution in [-0.4, -0.2) is 99.7 Å². The molecule has 0 aliphatic carbocycles. The predicted molar refractivity (Wildman–Crippen MR) is 518 cm³/mol. The molecule has 30 aromatic rings. The molecule has 0 saturated carbocycles. The summed E-state index contributed by atoms with van der Waals surface area (Å²) < 4.78 is 62.5. The number of imidazole rings is 12. The zero-order chi connectivity index (χ0) is 94.9. The van der Waals surface area contributed by atoms with E-state index in [9.17, 15) is 0 Å². The summed E-state index contributed by atoms with van der Waals surface area (Å²) in [6.07, 6.45) is 76.3. The molecule has 24 heterocycles. The van der Waals surface area contributed by atoms with Crippen LogP contribution >= 0.6 is 0 Å². The molecular weight excluding hydrogens is 2950 g/mol. The SMILES string of the molecule is Cn1[c-]nc(-c2cccc3c2[n-]c2c(-n4[c-][n+](C)cc4)coc23)c1.Cn1[c-]nc(-c2cccc3c2[n-]c2c(-n4[c-][n+](C)cc4)coc23)c1.Cn1[c-]nc(-c2cccc3c2[n-]c2c(-n4[c-][n+](C)cc4)coc23)c1.Cn1cnc(-c2cccc3c2[n-]c2c(-n4[c-]ncc4)coc23)c1.Cn1cnc(-c2cccc3c2[n-]c2c(-n4[c-]ncc4)coc23)c1.Cn1cnc(-c2cccc3c2[n-]c2c(-n4[c-]ncc4)coc23)c1.[Pt+2].[Pt+2].[Pt+2].[Pt].[Pt].[Pt]. The first-order chi connectivity index (χ1) is 69.0. The number of furan rings is 6. The van der Waals surface area contributed by atoms with E-state index in [-0.39, 0.29) is 126 Å². The van der Waals surface area contributed by atoms with Crippen LogP contribution < -0.4 is 43.6 Å². The molecule has 0 aliphatic heterocycles. The van der Waals surface area contributed by atoms with E-state index in [1.54, 1.807) is 103 Å². The van der Waals surface area contributed by atoms with Gasteiger partial charge in [0.05, 0.1) is 112 Å². The van der Waals surface area contributed by atoms with Gasteiger partial charge < -0.3 is 155 Å². The second-order valence-electron chi connectivity index (χ2n) is 33.8. The number of hydrogen-bond donors (Lipinski definition) is 0. The summed E-state index contributed by atoms with van der Waals surface area (Å²) in [6.45, 7) is 0. The zero-order valence-electron chi connectivity index (χ0n) is 78.2. The van der Waals surface area contributed by atoms with E-state index in [0.29, 0.717) is 0 Å². The molecule has 147 heavy (non-hydrogen) atoms. The molecule has 6 aromatic carbocycles. The van der Waals surface area contributed by atoms with E-state index in [1.165, 1.54) is 0 Å². The third kappa shape index (κ3) is 18.1. The fourth-order valence-corrected chi connectivity index (χ4v) is 17.7. The van der Waals surface area contributed by atoms with E-state index in [0.717, 1.165) is 234 Å². The van der Waals surface area contributed by atoms with Gasteiger partial charge in [-0.25, -0.2) is 15.0 Å². The van der Waals surface area contributed by atoms with E-state index in [4.69, 9.17) is 56.4 Å². The van der Waals surface area contributed by atoms with Crippen molar-refractivity contribution in [3.05, 3.63) is 334 Å². The minimum absolute atomic E-state index is 0. The summed E-state index contributed by atoms with van der Waals surface area (Å²) in [6, 6.07) is 36.2. The third-order valence-electron chi connectivity index (χ3n) is 24.2. The molecule has 24 aromatic heterocycles. The van der Waals surface area contributed by atoms with Crippen molar-refractivity contribution >= 4 is 132 Å². The van der Waals surface area contributed by atoms with Gasteiger partial charge in [-0.15, -0.1) is 68.2 Å². The van der Waals surface area contributed by atoms with Crippen molar-refractivity contribution in [2.75, 3.05) is 0 Å². The molecular formula is C105H72N30O6Pt6-6. The maximum Gasteiger partial charge on any atom is 2.00 e. The van der Waals surface area contributed by atoms with Crippen LogP contribution in [0.4, 0.5) is 0 Å². The topological polar surface area (TPSA) is 350 Å².